The summed E-state index contributed by atoms with van der Waals surface area (Å²) >= 11 is 5.96. The van der Waals surface area contributed by atoms with Crippen LogP contribution < -0.4 is 5.56 Å². The lowest BCUT2D eigenvalue weighted by Gasteiger charge is -2.03. The molecule has 5 heteroatoms. The zero-order valence-electron chi connectivity index (χ0n) is 8.53. The highest BCUT2D eigenvalue weighted by Gasteiger charge is 2.20. The van der Waals surface area contributed by atoms with Crippen molar-refractivity contribution >= 4 is 11.6 Å². The second-order valence-electron chi connectivity index (χ2n) is 3.88. The van der Waals surface area contributed by atoms with Crippen LogP contribution in [0.25, 0.3) is 5.69 Å². The molecule has 1 aliphatic rings. The molecule has 1 N–H and O–H groups in total. The highest BCUT2D eigenvalue weighted by atomic mass is 35.5. The van der Waals surface area contributed by atoms with E-state index in [2.05, 4.69) is 10.1 Å². The van der Waals surface area contributed by atoms with E-state index < -0.39 is 0 Å². The molecule has 0 bridgehead atoms. The smallest absolute Gasteiger partial charge is 0.274 e. The average molecular weight is 236 g/mol. The summed E-state index contributed by atoms with van der Waals surface area (Å²) in [5.41, 5.74) is 2.54. The molecule has 0 unspecified atom stereocenters. The number of nitrogens with zero attached hydrogens (tertiary/aromatic N) is 2. The normalized spacial score (nSPS) is 14.1. The quantitative estimate of drug-likeness (QED) is 0.765. The number of aromatic amines is 1. The summed E-state index contributed by atoms with van der Waals surface area (Å²) in [6, 6.07) is 3.54. The Kier molecular flexibility index (Phi) is 2.11. The minimum atomic E-state index is 0.00222. The van der Waals surface area contributed by atoms with Gasteiger partial charge in [-0.05, 0) is 31.4 Å². The monoisotopic (exact) mass is 235 g/mol. The van der Waals surface area contributed by atoms with Crippen molar-refractivity contribution in [3.8, 4) is 5.69 Å². The third kappa shape index (κ3) is 1.30. The molecule has 0 atom stereocenters. The maximum absolute atomic E-state index is 12.1. The summed E-state index contributed by atoms with van der Waals surface area (Å²) in [6.45, 7) is 0. The van der Waals surface area contributed by atoms with Crippen LogP contribution in [0.4, 0.5) is 0 Å². The number of aryl methyl sites for hydroxylation is 1. The molecule has 0 aliphatic heterocycles. The van der Waals surface area contributed by atoms with E-state index in [9.17, 15) is 4.79 Å². The number of nitrogens with one attached hydrogen (secondary N) is 1. The van der Waals surface area contributed by atoms with Crippen molar-refractivity contribution in [3.63, 3.8) is 0 Å². The first-order valence-corrected chi connectivity index (χ1v) is 5.59. The lowest BCUT2D eigenvalue weighted by molar-refractivity contribution is 0.777. The van der Waals surface area contributed by atoms with Crippen LogP contribution in [-0.2, 0) is 12.8 Å². The fourth-order valence-corrected chi connectivity index (χ4v) is 2.34. The van der Waals surface area contributed by atoms with Gasteiger partial charge in [-0.15, -0.1) is 0 Å². The van der Waals surface area contributed by atoms with Gasteiger partial charge in [0.1, 0.15) is 5.69 Å². The van der Waals surface area contributed by atoms with E-state index in [1.54, 1.807) is 18.3 Å². The standard InChI is InChI=1S/C11H10ClN3O/c12-10-9(5-2-6-13-10)15-11(16)7-3-1-4-8(7)14-15/h2,5-6,14H,1,3-4H2. The summed E-state index contributed by atoms with van der Waals surface area (Å²) in [5.74, 6) is 0. The van der Waals surface area contributed by atoms with E-state index in [0.29, 0.717) is 10.8 Å². The molecule has 1 aliphatic carbocycles. The SMILES string of the molecule is O=c1c2c([nH]n1-c1cccnc1Cl)CCC2. The number of hydrogen-bond donors (Lipinski definition) is 1. The summed E-state index contributed by atoms with van der Waals surface area (Å²) in [5, 5.41) is 3.44. The highest BCUT2D eigenvalue weighted by molar-refractivity contribution is 6.31. The van der Waals surface area contributed by atoms with Gasteiger partial charge in [0.25, 0.3) is 5.56 Å². The Morgan fingerprint density at radius 3 is 3.06 bits per heavy atom. The number of fused-ring (bicyclic) bond motifs is 1. The van der Waals surface area contributed by atoms with Crippen molar-refractivity contribution in [1.29, 1.82) is 0 Å². The van der Waals surface area contributed by atoms with Crippen molar-refractivity contribution in [2.75, 3.05) is 0 Å². The molecule has 0 spiro atoms. The Labute approximate surface area is 96.9 Å². The largest absolute Gasteiger partial charge is 0.295 e. The van der Waals surface area contributed by atoms with Crippen molar-refractivity contribution in [2.45, 2.75) is 19.3 Å². The number of halogens is 1. The Morgan fingerprint density at radius 2 is 2.31 bits per heavy atom. The van der Waals surface area contributed by atoms with Crippen LogP contribution in [0, 0.1) is 0 Å². The van der Waals surface area contributed by atoms with Crippen LogP contribution in [0.1, 0.15) is 17.7 Å². The molecule has 2 heterocycles. The Bertz CT molecular complexity index is 600. The van der Waals surface area contributed by atoms with Gasteiger partial charge in [-0.25, -0.2) is 9.67 Å². The first kappa shape index (κ1) is 9.66. The van der Waals surface area contributed by atoms with E-state index in [4.69, 9.17) is 11.6 Å². The molecule has 16 heavy (non-hydrogen) atoms. The average Bonchev–Trinajstić information content (AvgIpc) is 2.83. The molecule has 0 saturated heterocycles. The summed E-state index contributed by atoms with van der Waals surface area (Å²) in [6.07, 6.45) is 4.45. The van der Waals surface area contributed by atoms with Gasteiger partial charge in [0.15, 0.2) is 5.15 Å². The lowest BCUT2D eigenvalue weighted by atomic mass is 10.3. The van der Waals surface area contributed by atoms with E-state index in [1.165, 1.54) is 4.68 Å². The fourth-order valence-electron chi connectivity index (χ4n) is 2.14. The number of rotatable bonds is 1. The number of aromatic nitrogens is 3. The van der Waals surface area contributed by atoms with Gasteiger partial charge in [-0.2, -0.15) is 0 Å². The predicted molar refractivity (Wildman–Crippen MR) is 61.2 cm³/mol. The molecule has 2 aromatic rings. The Balaban J connectivity index is 2.22. The van der Waals surface area contributed by atoms with Gasteiger partial charge in [0.05, 0.1) is 0 Å². The molecule has 4 nitrogen and oxygen atoms in total. The maximum atomic E-state index is 12.1. The topological polar surface area (TPSA) is 50.7 Å². The van der Waals surface area contributed by atoms with Crippen molar-refractivity contribution in [2.24, 2.45) is 0 Å². The zero-order chi connectivity index (χ0) is 11.1. The third-order valence-corrected chi connectivity index (χ3v) is 3.20. The molecule has 0 aromatic carbocycles. The van der Waals surface area contributed by atoms with Gasteiger partial charge in [0.2, 0.25) is 0 Å². The van der Waals surface area contributed by atoms with Crippen LogP contribution in [0.15, 0.2) is 23.1 Å². The van der Waals surface area contributed by atoms with E-state index in [1.807, 2.05) is 0 Å². The molecule has 3 rings (SSSR count). The van der Waals surface area contributed by atoms with Gasteiger partial charge in [0, 0.05) is 17.5 Å². The molecular formula is C11H10ClN3O. The predicted octanol–water partition coefficient (Wildman–Crippen LogP) is 1.70. The fraction of sp³-hybridized carbons (Fsp3) is 0.273. The molecule has 0 fully saturated rings. The summed E-state index contributed by atoms with van der Waals surface area (Å²) < 4.78 is 1.49. The van der Waals surface area contributed by atoms with Crippen LogP contribution in [0.2, 0.25) is 5.15 Å². The van der Waals surface area contributed by atoms with E-state index >= 15 is 0 Å². The highest BCUT2D eigenvalue weighted by Crippen LogP contribution is 2.20. The third-order valence-electron chi connectivity index (χ3n) is 2.91. The van der Waals surface area contributed by atoms with Crippen molar-refractivity contribution < 1.29 is 0 Å². The van der Waals surface area contributed by atoms with Gasteiger partial charge in [-0.3, -0.25) is 9.89 Å². The Morgan fingerprint density at radius 1 is 1.44 bits per heavy atom. The molecule has 2 aromatic heterocycles. The van der Waals surface area contributed by atoms with Crippen molar-refractivity contribution in [1.82, 2.24) is 14.8 Å². The first-order chi connectivity index (χ1) is 7.77. The molecule has 82 valence electrons. The second kappa shape index (κ2) is 3.49. The van der Waals surface area contributed by atoms with E-state index in [-0.39, 0.29) is 5.56 Å². The van der Waals surface area contributed by atoms with Crippen LogP contribution >= 0.6 is 11.6 Å². The van der Waals surface area contributed by atoms with Crippen LogP contribution in [-0.4, -0.2) is 14.8 Å². The van der Waals surface area contributed by atoms with Gasteiger partial charge < -0.3 is 0 Å². The van der Waals surface area contributed by atoms with E-state index in [0.717, 1.165) is 30.5 Å². The van der Waals surface area contributed by atoms with Crippen LogP contribution in [0.5, 0.6) is 0 Å². The minimum absolute atomic E-state index is 0.00222. The van der Waals surface area contributed by atoms with Crippen LogP contribution in [0.3, 0.4) is 0 Å². The maximum Gasteiger partial charge on any atom is 0.274 e. The van der Waals surface area contributed by atoms with Gasteiger partial charge in [-0.1, -0.05) is 11.6 Å². The Hall–Kier alpha value is -1.55. The molecular weight excluding hydrogens is 226 g/mol. The molecule has 0 amide bonds. The number of hydrogen-bond acceptors (Lipinski definition) is 2. The lowest BCUT2D eigenvalue weighted by Crippen LogP contribution is -2.17. The first-order valence-electron chi connectivity index (χ1n) is 5.21. The van der Waals surface area contributed by atoms with Crippen molar-refractivity contribution in [3.05, 3.63) is 45.1 Å². The molecule has 0 saturated carbocycles. The summed E-state index contributed by atoms with van der Waals surface area (Å²) in [7, 11) is 0. The number of H-pyrrole nitrogens is 1. The van der Waals surface area contributed by atoms with Gasteiger partial charge >= 0.3 is 0 Å². The number of pyridine rings is 1. The second-order valence-corrected chi connectivity index (χ2v) is 4.23. The summed E-state index contributed by atoms with van der Waals surface area (Å²) in [4.78, 5) is 16.0. The zero-order valence-corrected chi connectivity index (χ0v) is 9.29. The molecule has 0 radical (unpaired) electrons. The minimum Gasteiger partial charge on any atom is -0.295 e.